The van der Waals surface area contributed by atoms with Gasteiger partial charge >= 0.3 is 0 Å². The standard InChI is InChI=1S/C17H16F2N2O2S/c1-20-15(22)13-9-5-2-3-8-12(9)24-17(13)21-16(23)14-10(18)6-4-7-11(14)19/h4,6-7H,2-3,5,8H2,1H3,(H,20,22)(H,21,23). The summed E-state index contributed by atoms with van der Waals surface area (Å²) in [5.41, 5.74) is 0.684. The van der Waals surface area contributed by atoms with Crippen molar-refractivity contribution in [2.75, 3.05) is 12.4 Å². The molecule has 2 aromatic rings. The van der Waals surface area contributed by atoms with Gasteiger partial charge in [-0.15, -0.1) is 11.3 Å². The molecule has 1 aromatic carbocycles. The SMILES string of the molecule is CNC(=O)c1c(NC(=O)c2c(F)cccc2F)sc2c1CCCC2. The number of halogens is 2. The van der Waals surface area contributed by atoms with Crippen molar-refractivity contribution >= 4 is 28.2 Å². The summed E-state index contributed by atoms with van der Waals surface area (Å²) in [4.78, 5) is 25.6. The Hall–Kier alpha value is -2.28. The molecule has 0 aliphatic heterocycles. The van der Waals surface area contributed by atoms with Gasteiger partial charge in [0.25, 0.3) is 11.8 Å². The Morgan fingerprint density at radius 3 is 2.38 bits per heavy atom. The van der Waals surface area contributed by atoms with Crippen molar-refractivity contribution in [3.63, 3.8) is 0 Å². The Morgan fingerprint density at radius 1 is 1.04 bits per heavy atom. The average molecular weight is 350 g/mol. The maximum Gasteiger partial charge on any atom is 0.262 e. The minimum absolute atomic E-state index is 0.307. The molecule has 0 spiro atoms. The van der Waals surface area contributed by atoms with Gasteiger partial charge in [0.05, 0.1) is 5.56 Å². The van der Waals surface area contributed by atoms with Crippen molar-refractivity contribution in [2.45, 2.75) is 25.7 Å². The molecule has 126 valence electrons. The average Bonchev–Trinajstić information content (AvgIpc) is 2.91. The summed E-state index contributed by atoms with van der Waals surface area (Å²) in [7, 11) is 1.51. The highest BCUT2D eigenvalue weighted by atomic mass is 32.1. The molecule has 0 unspecified atom stereocenters. The minimum atomic E-state index is -0.935. The second kappa shape index (κ2) is 6.68. The van der Waals surface area contributed by atoms with E-state index in [1.54, 1.807) is 0 Å². The van der Waals surface area contributed by atoms with Gasteiger partial charge in [-0.1, -0.05) is 6.07 Å². The van der Waals surface area contributed by atoms with Crippen LogP contribution in [0, 0.1) is 11.6 Å². The van der Waals surface area contributed by atoms with E-state index in [-0.39, 0.29) is 5.91 Å². The molecule has 1 aliphatic carbocycles. The van der Waals surface area contributed by atoms with Crippen LogP contribution in [0.1, 0.15) is 44.0 Å². The number of aryl methyl sites for hydroxylation is 1. The highest BCUT2D eigenvalue weighted by Gasteiger charge is 2.27. The van der Waals surface area contributed by atoms with Crippen LogP contribution in [0.4, 0.5) is 13.8 Å². The summed E-state index contributed by atoms with van der Waals surface area (Å²) < 4.78 is 27.6. The number of carbonyl (C=O) groups excluding carboxylic acids is 2. The molecule has 1 heterocycles. The van der Waals surface area contributed by atoms with Gasteiger partial charge in [0.1, 0.15) is 22.2 Å². The quantitative estimate of drug-likeness (QED) is 0.890. The maximum absolute atomic E-state index is 13.8. The third-order valence-corrected chi connectivity index (χ3v) is 5.25. The first kappa shape index (κ1) is 16.6. The van der Waals surface area contributed by atoms with Crippen LogP contribution in [0.5, 0.6) is 0 Å². The van der Waals surface area contributed by atoms with E-state index in [0.29, 0.717) is 10.6 Å². The predicted octanol–water partition coefficient (Wildman–Crippen LogP) is 3.52. The number of fused-ring (bicyclic) bond motifs is 1. The molecule has 2 N–H and O–H groups in total. The lowest BCUT2D eigenvalue weighted by Crippen LogP contribution is -2.22. The van der Waals surface area contributed by atoms with Crippen LogP contribution in [0.15, 0.2) is 18.2 Å². The second-order valence-corrected chi connectivity index (χ2v) is 6.65. The first-order chi connectivity index (χ1) is 11.5. The van der Waals surface area contributed by atoms with Crippen molar-refractivity contribution in [1.82, 2.24) is 5.32 Å². The smallest absolute Gasteiger partial charge is 0.262 e. The molecule has 0 saturated heterocycles. The zero-order chi connectivity index (χ0) is 17.3. The number of hydrogen-bond donors (Lipinski definition) is 2. The Bertz CT molecular complexity index is 797. The van der Waals surface area contributed by atoms with Crippen molar-refractivity contribution in [1.29, 1.82) is 0 Å². The highest BCUT2D eigenvalue weighted by molar-refractivity contribution is 7.17. The molecule has 1 aliphatic rings. The van der Waals surface area contributed by atoms with Crippen LogP contribution in [-0.4, -0.2) is 18.9 Å². The molecule has 7 heteroatoms. The lowest BCUT2D eigenvalue weighted by Gasteiger charge is -2.12. The zero-order valence-electron chi connectivity index (χ0n) is 13.0. The van der Waals surface area contributed by atoms with Gasteiger partial charge in [0.15, 0.2) is 0 Å². The Morgan fingerprint density at radius 2 is 1.71 bits per heavy atom. The van der Waals surface area contributed by atoms with E-state index in [0.717, 1.165) is 48.3 Å². The van der Waals surface area contributed by atoms with Crippen molar-refractivity contribution in [2.24, 2.45) is 0 Å². The fourth-order valence-electron chi connectivity index (χ4n) is 2.90. The summed E-state index contributed by atoms with van der Waals surface area (Å²) in [5.74, 6) is -3.07. The van der Waals surface area contributed by atoms with Gasteiger partial charge in [0.2, 0.25) is 0 Å². The normalized spacial score (nSPS) is 13.3. The highest BCUT2D eigenvalue weighted by Crippen LogP contribution is 2.38. The van der Waals surface area contributed by atoms with E-state index in [1.807, 2.05) is 0 Å². The topological polar surface area (TPSA) is 58.2 Å². The Labute approximate surface area is 141 Å². The third kappa shape index (κ3) is 2.91. The Balaban J connectivity index is 1.99. The van der Waals surface area contributed by atoms with E-state index < -0.39 is 23.1 Å². The molecule has 3 rings (SSSR count). The molecule has 0 fully saturated rings. The maximum atomic E-state index is 13.8. The number of thiophene rings is 1. The second-order valence-electron chi connectivity index (χ2n) is 5.54. The van der Waals surface area contributed by atoms with Crippen molar-refractivity contribution in [3.05, 3.63) is 51.4 Å². The van der Waals surface area contributed by atoms with Gasteiger partial charge in [-0.05, 0) is 43.4 Å². The summed E-state index contributed by atoms with van der Waals surface area (Å²) in [6.07, 6.45) is 3.60. The summed E-state index contributed by atoms with van der Waals surface area (Å²) >= 11 is 1.30. The minimum Gasteiger partial charge on any atom is -0.355 e. The van der Waals surface area contributed by atoms with Crippen molar-refractivity contribution < 1.29 is 18.4 Å². The summed E-state index contributed by atoms with van der Waals surface area (Å²) in [6, 6.07) is 3.25. The van der Waals surface area contributed by atoms with E-state index in [4.69, 9.17) is 0 Å². The summed E-state index contributed by atoms with van der Waals surface area (Å²) in [5, 5.41) is 5.42. The van der Waals surface area contributed by atoms with E-state index >= 15 is 0 Å². The van der Waals surface area contributed by atoms with Gasteiger partial charge in [-0.25, -0.2) is 8.78 Å². The number of nitrogens with one attached hydrogen (secondary N) is 2. The van der Waals surface area contributed by atoms with Crippen molar-refractivity contribution in [3.8, 4) is 0 Å². The molecule has 0 saturated carbocycles. The van der Waals surface area contributed by atoms with Gasteiger partial charge in [-0.2, -0.15) is 0 Å². The van der Waals surface area contributed by atoms with Crippen LogP contribution in [0.3, 0.4) is 0 Å². The number of carbonyl (C=O) groups is 2. The fraction of sp³-hybridized carbons (Fsp3) is 0.294. The van der Waals surface area contributed by atoms with Crippen LogP contribution in [-0.2, 0) is 12.8 Å². The number of hydrogen-bond acceptors (Lipinski definition) is 3. The van der Waals surface area contributed by atoms with Crippen LogP contribution >= 0.6 is 11.3 Å². The number of benzene rings is 1. The van der Waals surface area contributed by atoms with Gasteiger partial charge in [0, 0.05) is 11.9 Å². The molecule has 24 heavy (non-hydrogen) atoms. The monoisotopic (exact) mass is 350 g/mol. The number of anilines is 1. The number of rotatable bonds is 3. The molecular formula is C17H16F2N2O2S. The van der Waals surface area contributed by atoms with Crippen LogP contribution in [0.2, 0.25) is 0 Å². The summed E-state index contributed by atoms with van der Waals surface area (Å²) in [6.45, 7) is 0. The van der Waals surface area contributed by atoms with Gasteiger partial charge in [-0.3, -0.25) is 9.59 Å². The zero-order valence-corrected chi connectivity index (χ0v) is 13.9. The lowest BCUT2D eigenvalue weighted by atomic mass is 9.95. The van der Waals surface area contributed by atoms with E-state index in [9.17, 15) is 18.4 Å². The van der Waals surface area contributed by atoms with Crippen LogP contribution < -0.4 is 10.6 Å². The number of amides is 2. The fourth-order valence-corrected chi connectivity index (χ4v) is 4.18. The van der Waals surface area contributed by atoms with E-state index in [1.165, 1.54) is 24.5 Å². The first-order valence-corrected chi connectivity index (χ1v) is 8.46. The third-order valence-electron chi connectivity index (χ3n) is 4.04. The van der Waals surface area contributed by atoms with Crippen LogP contribution in [0.25, 0.3) is 0 Å². The molecule has 0 atom stereocenters. The molecule has 4 nitrogen and oxygen atoms in total. The molecule has 1 aromatic heterocycles. The molecule has 0 bridgehead atoms. The van der Waals surface area contributed by atoms with E-state index in [2.05, 4.69) is 10.6 Å². The largest absolute Gasteiger partial charge is 0.355 e. The molecule has 0 radical (unpaired) electrons. The Kier molecular flexibility index (Phi) is 4.62. The first-order valence-electron chi connectivity index (χ1n) is 7.65. The predicted molar refractivity (Wildman–Crippen MR) is 88.7 cm³/mol. The molecular weight excluding hydrogens is 334 g/mol. The molecule has 2 amide bonds. The van der Waals surface area contributed by atoms with Gasteiger partial charge < -0.3 is 10.6 Å². The lowest BCUT2D eigenvalue weighted by molar-refractivity contribution is 0.0963.